The van der Waals surface area contributed by atoms with Gasteiger partial charge in [0.15, 0.2) is 11.6 Å². The quantitative estimate of drug-likeness (QED) is 0.0726. The Morgan fingerprint density at radius 2 is 0.633 bits per heavy atom. The molecule has 0 unspecified atom stereocenters. The van der Waals surface area contributed by atoms with Crippen molar-refractivity contribution in [2.75, 3.05) is 64.5 Å². The molecule has 0 radical (unpaired) electrons. The van der Waals surface area contributed by atoms with Gasteiger partial charge in [0.05, 0.1) is 75.5 Å². The van der Waals surface area contributed by atoms with Gasteiger partial charge in [-0.25, -0.2) is 38.7 Å². The largest absolute Gasteiger partial charge is 0.481 e. The zero-order valence-corrected chi connectivity index (χ0v) is 77.8. The number of aromatic nitrogens is 13. The first-order chi connectivity index (χ1) is 68.3. The number of pyridine rings is 3. The van der Waals surface area contributed by atoms with Crippen LogP contribution in [0.3, 0.4) is 0 Å². The van der Waals surface area contributed by atoms with Gasteiger partial charge in [-0.1, -0.05) is 128 Å². The average Bonchev–Trinajstić information content (AvgIpc) is 1.67. The molecule has 12 aromatic carbocycles. The number of hydrogen-bond acceptors (Lipinski definition) is 15. The van der Waals surface area contributed by atoms with E-state index in [1.165, 1.54) is 124 Å². The molecule has 22 nitrogen and oxygen atoms in total. The molecule has 20 aromatic rings. The van der Waals surface area contributed by atoms with Gasteiger partial charge in [0.25, 0.3) is 0 Å². The van der Waals surface area contributed by atoms with Crippen LogP contribution in [0.1, 0.15) is 74.6 Å². The number of nitrogens with one attached hydrogen (secondary N) is 2. The molecule has 23 rings (SSSR count). The van der Waals surface area contributed by atoms with Crippen molar-refractivity contribution < 1.29 is 27.8 Å². The number of carbonyl (C=O) groups excluding carboxylic acids is 2. The molecule has 0 aliphatic carbocycles. The summed E-state index contributed by atoms with van der Waals surface area (Å²) in [4.78, 5) is 64.8. The van der Waals surface area contributed by atoms with E-state index >= 15 is 0 Å². The van der Waals surface area contributed by atoms with Crippen LogP contribution in [0.5, 0.6) is 5.88 Å². The maximum Gasteiger partial charge on any atom is 0.217 e. The number of likely N-dealkylation sites (tertiary alicyclic amines) is 2. The van der Waals surface area contributed by atoms with Gasteiger partial charge in [-0.3, -0.25) is 52.2 Å². The molecule has 11 heterocycles. The van der Waals surface area contributed by atoms with Crippen LogP contribution in [0.2, 0.25) is 0 Å². The van der Waals surface area contributed by atoms with Crippen LogP contribution >= 0.6 is 0 Å². The number of anilines is 1. The fourth-order valence-electron chi connectivity index (χ4n) is 18.0. The highest BCUT2D eigenvalue weighted by Gasteiger charge is 2.20. The number of ether oxygens (including phenoxy) is 2. The summed E-state index contributed by atoms with van der Waals surface area (Å²) in [5.41, 5.74) is 32.0. The number of methoxy groups -OCH3 is 1. The van der Waals surface area contributed by atoms with Crippen LogP contribution in [0, 0.1) is 11.6 Å². The van der Waals surface area contributed by atoms with Crippen molar-refractivity contribution in [2.24, 2.45) is 0 Å². The standard InChI is InChI=1S/C25H25N3.C24H24N4.C22H17F2N3O.C22H20N4O2.C22H20N4O/c1-3-7-21(8-4-1)22-11-14-24-25(17-22)28(19-26-24)23-12-9-20(10-13-23)18-27-15-5-2-6-16-27;1-2-14-27(15-3-1)17-19-4-7-22(8-5-19)28-18-26-23-9-6-21(16-24(23)28)20-10-12-25-13-11-20;1-14(28)25-12-15-2-6-18(7-3-15)27-13-26-21-9-5-17(11-22(21)27)16-4-8-19(23)20(24)10-16;1-15(27)23-12-16-3-7-19(8-4-16)26-14-25-20-9-5-17(11-21(20)26)18-6-10-22(28-2)24-13-18;1-6-21-22(15-18(1)17-7-9-23-10-8-17)26(16-24-21)20-4-2-19(3-5-20)25-11-13-27-14-12-25/h1,3-4,7-14,17,19H,2,5-6,15-16,18H2;4-13,16,18H,1-3,14-15,17H2;2-11,13H,12H2,1H3,(H,25,28);3-11,13-14H,12H2,1-2H3,(H,23,27);1-10,15-16H,11-14H2. The molecule has 3 fully saturated rings. The van der Waals surface area contributed by atoms with Crippen molar-refractivity contribution in [1.82, 2.24) is 83.1 Å². The van der Waals surface area contributed by atoms with Crippen molar-refractivity contribution in [3.63, 3.8) is 0 Å². The number of nitrogens with zero attached hydrogens (tertiary/aromatic N) is 16. The number of fused-ring (bicyclic) bond motifs is 5. The highest BCUT2D eigenvalue weighted by atomic mass is 19.2. The number of morpholine rings is 1. The fraction of sp³-hybridized carbons (Fsp3) is 0.183. The van der Waals surface area contributed by atoms with E-state index in [2.05, 4.69) is 247 Å². The molecule has 0 spiro atoms. The molecule has 3 saturated heterocycles. The lowest BCUT2D eigenvalue weighted by Crippen LogP contribution is -2.36. The van der Waals surface area contributed by atoms with Gasteiger partial charge in [0.2, 0.25) is 17.7 Å². The third-order valence-corrected chi connectivity index (χ3v) is 25.6. The van der Waals surface area contributed by atoms with Crippen molar-refractivity contribution in [1.29, 1.82) is 0 Å². The number of rotatable bonds is 20. The molecule has 139 heavy (non-hydrogen) atoms. The Bertz CT molecular complexity index is 7370. The summed E-state index contributed by atoms with van der Waals surface area (Å²) in [6, 6.07) is 99.8. The van der Waals surface area contributed by atoms with Crippen molar-refractivity contribution in [3.05, 3.63) is 394 Å². The topological polar surface area (TPSA) is 214 Å². The van der Waals surface area contributed by atoms with E-state index in [0.29, 0.717) is 24.5 Å². The summed E-state index contributed by atoms with van der Waals surface area (Å²) in [6.45, 7) is 14.5. The van der Waals surface area contributed by atoms with E-state index in [4.69, 9.17) is 9.47 Å². The molecular formula is C115H106F2N18O4. The molecular weight excluding hydrogens is 1740 g/mol. The second kappa shape index (κ2) is 43.6. The van der Waals surface area contributed by atoms with Gasteiger partial charge in [-0.15, -0.1) is 0 Å². The Morgan fingerprint density at radius 3 is 0.978 bits per heavy atom. The lowest BCUT2D eigenvalue weighted by Gasteiger charge is -2.28. The van der Waals surface area contributed by atoms with E-state index in [-0.39, 0.29) is 11.8 Å². The number of halogens is 2. The zero-order valence-electron chi connectivity index (χ0n) is 77.8. The molecule has 3 aliphatic rings. The number of benzene rings is 12. The Labute approximate surface area is 805 Å². The number of carbonyl (C=O) groups is 2. The minimum atomic E-state index is -0.874. The smallest absolute Gasteiger partial charge is 0.217 e. The molecule has 2 N–H and O–H groups in total. The van der Waals surface area contributed by atoms with Crippen LogP contribution in [-0.4, -0.2) is 144 Å². The van der Waals surface area contributed by atoms with E-state index < -0.39 is 11.6 Å². The van der Waals surface area contributed by atoms with E-state index in [0.717, 1.165) is 168 Å². The monoisotopic (exact) mass is 1840 g/mol. The fourth-order valence-corrected chi connectivity index (χ4v) is 18.0. The Kier molecular flexibility index (Phi) is 28.8. The molecule has 0 saturated carbocycles. The van der Waals surface area contributed by atoms with Crippen LogP contribution in [-0.2, 0) is 40.5 Å². The summed E-state index contributed by atoms with van der Waals surface area (Å²) in [5.74, 6) is -1.26. The molecule has 0 atom stereocenters. The molecule has 3 aliphatic heterocycles. The Balaban J connectivity index is 0.000000111. The highest BCUT2D eigenvalue weighted by Crippen LogP contribution is 2.35. The first kappa shape index (κ1) is 91.8. The maximum absolute atomic E-state index is 13.6. The predicted molar refractivity (Wildman–Crippen MR) is 549 cm³/mol. The third-order valence-electron chi connectivity index (χ3n) is 25.6. The summed E-state index contributed by atoms with van der Waals surface area (Å²) >= 11 is 0. The lowest BCUT2D eigenvalue weighted by molar-refractivity contribution is -0.120. The molecule has 694 valence electrons. The normalized spacial score (nSPS) is 13.3. The van der Waals surface area contributed by atoms with E-state index in [1.54, 1.807) is 25.7 Å². The molecule has 24 heteroatoms. The Morgan fingerprint density at radius 1 is 0.317 bits per heavy atom. The second-order valence-corrected chi connectivity index (χ2v) is 34.9. The summed E-state index contributed by atoms with van der Waals surface area (Å²) in [7, 11) is 1.61. The predicted octanol–water partition coefficient (Wildman–Crippen LogP) is 23.0. The number of hydrogen-bond donors (Lipinski definition) is 2. The summed E-state index contributed by atoms with van der Waals surface area (Å²) in [5, 5.41) is 5.57. The first-order valence-electron chi connectivity index (χ1n) is 47.2. The van der Waals surface area contributed by atoms with Gasteiger partial charge in [-0.05, 0) is 300 Å². The van der Waals surface area contributed by atoms with Crippen LogP contribution in [0.15, 0.2) is 360 Å². The van der Waals surface area contributed by atoms with Gasteiger partial charge in [-0.2, -0.15) is 0 Å². The zero-order chi connectivity index (χ0) is 94.8. The minimum Gasteiger partial charge on any atom is -0.481 e. The lowest BCUT2D eigenvalue weighted by atomic mass is 10.0. The minimum absolute atomic E-state index is 0.0368. The molecule has 8 aromatic heterocycles. The first-order valence-corrected chi connectivity index (χ1v) is 47.2. The Hall–Kier alpha value is -16.3. The van der Waals surface area contributed by atoms with E-state index in [9.17, 15) is 18.4 Å². The highest BCUT2D eigenvalue weighted by molar-refractivity contribution is 5.89. The second-order valence-electron chi connectivity index (χ2n) is 34.9. The SMILES string of the molecule is CC(=O)NCc1ccc(-n2cnc3ccc(-c4ccc(F)c(F)c4)cc32)cc1.COc1ccc(-c2ccc3ncn(-c4ccc(CNC(C)=O)cc4)c3c2)cn1.c1cc(-c2ccc3ncn(-c4ccc(CN5CCCCC5)cc4)c3c2)ccn1.c1cc(-c2ccc3ncn(-c4ccc(N5CCOCC5)cc4)c3c2)ccn1.c1ccc(-c2ccc3ncn(-c4ccc(CN5CCCCC5)cc4)c3c2)cc1. The van der Waals surface area contributed by atoms with Gasteiger partial charge in [0.1, 0.15) is 31.6 Å². The number of piperidine rings is 2. The molecule has 2 amide bonds. The van der Waals surface area contributed by atoms with Crippen LogP contribution < -0.4 is 20.3 Å². The van der Waals surface area contributed by atoms with E-state index in [1.807, 2.05) is 170 Å². The maximum atomic E-state index is 13.6. The summed E-state index contributed by atoms with van der Waals surface area (Å²) < 4.78 is 47.9. The van der Waals surface area contributed by atoms with Gasteiger partial charge >= 0.3 is 0 Å². The molecule has 0 bridgehead atoms. The summed E-state index contributed by atoms with van der Waals surface area (Å²) in [6.07, 6.45) is 26.5. The number of imidazole rings is 5. The van der Waals surface area contributed by atoms with Crippen molar-refractivity contribution in [2.45, 2.75) is 78.6 Å². The third kappa shape index (κ3) is 22.5. The van der Waals surface area contributed by atoms with Crippen molar-refractivity contribution in [3.8, 4) is 90.0 Å². The van der Waals surface area contributed by atoms with Crippen LogP contribution in [0.25, 0.3) is 139 Å². The number of amides is 2. The average molecular weight is 1840 g/mol. The van der Waals surface area contributed by atoms with Crippen molar-refractivity contribution >= 4 is 72.7 Å². The van der Waals surface area contributed by atoms with Gasteiger partial charge in [0, 0.05) is 130 Å². The van der Waals surface area contributed by atoms with Gasteiger partial charge < -0.3 is 25.0 Å². The van der Waals surface area contributed by atoms with Crippen LogP contribution in [0.4, 0.5) is 14.5 Å².